The quantitative estimate of drug-likeness (QED) is 0.358. The van der Waals surface area contributed by atoms with Crippen molar-refractivity contribution in [2.75, 3.05) is 5.75 Å². The van der Waals surface area contributed by atoms with Gasteiger partial charge in [-0.15, -0.1) is 11.8 Å². The van der Waals surface area contributed by atoms with E-state index in [0.717, 1.165) is 41.3 Å². The van der Waals surface area contributed by atoms with Crippen molar-refractivity contribution in [2.45, 2.75) is 63.4 Å². The smallest absolute Gasteiger partial charge is 0.242 e. The van der Waals surface area contributed by atoms with Crippen LogP contribution in [0.15, 0.2) is 46.9 Å². The fourth-order valence-electron chi connectivity index (χ4n) is 3.91. The number of hydrogen-bond donors (Lipinski definition) is 1. The third-order valence-corrected chi connectivity index (χ3v) is 7.97. The molecule has 1 aliphatic rings. The summed E-state index contributed by atoms with van der Waals surface area (Å²) in [5, 5.41) is 4.34. The van der Waals surface area contributed by atoms with Crippen LogP contribution in [0, 0.1) is 0 Å². The second kappa shape index (κ2) is 13.0. The molecule has 3 rings (SSSR count). The number of carbonyl (C=O) groups excluding carboxylic acids is 2. The molecule has 2 aromatic carbocycles. The van der Waals surface area contributed by atoms with Gasteiger partial charge in [0.05, 0.1) is 5.75 Å². The van der Waals surface area contributed by atoms with E-state index in [9.17, 15) is 9.59 Å². The molecular weight excluding hydrogens is 543 g/mol. The fraction of sp³-hybridized carbons (Fsp3) is 0.440. The molecule has 1 saturated carbocycles. The number of thioether (sulfide) groups is 1. The van der Waals surface area contributed by atoms with Crippen LogP contribution in [0.5, 0.6) is 0 Å². The van der Waals surface area contributed by atoms with Crippen LogP contribution < -0.4 is 5.32 Å². The van der Waals surface area contributed by atoms with Crippen LogP contribution in [-0.4, -0.2) is 34.6 Å². The molecule has 8 heteroatoms. The summed E-state index contributed by atoms with van der Waals surface area (Å²) in [6.45, 7) is 2.20. The largest absolute Gasteiger partial charge is 0.352 e. The van der Waals surface area contributed by atoms with Crippen molar-refractivity contribution in [2.24, 2.45) is 0 Å². The highest BCUT2D eigenvalue weighted by Gasteiger charge is 2.28. The summed E-state index contributed by atoms with van der Waals surface area (Å²) in [6, 6.07) is 12.9. The molecule has 1 unspecified atom stereocenters. The lowest BCUT2D eigenvalue weighted by Crippen LogP contribution is -2.50. The molecule has 0 saturated heterocycles. The average Bonchev–Trinajstić information content (AvgIpc) is 2.80. The van der Waals surface area contributed by atoms with Gasteiger partial charge in [-0.05, 0) is 55.2 Å². The highest BCUT2D eigenvalue weighted by molar-refractivity contribution is 9.10. The Balaban J connectivity index is 1.65. The third kappa shape index (κ3) is 8.20. The van der Waals surface area contributed by atoms with E-state index in [0.29, 0.717) is 22.3 Å². The molecule has 4 nitrogen and oxygen atoms in total. The first-order valence-electron chi connectivity index (χ1n) is 11.2. The fourth-order valence-corrected chi connectivity index (χ4v) is 5.64. The Bertz CT molecular complexity index is 952. The van der Waals surface area contributed by atoms with Gasteiger partial charge in [0.25, 0.3) is 0 Å². The highest BCUT2D eigenvalue weighted by atomic mass is 79.9. The zero-order valence-electron chi connectivity index (χ0n) is 18.7. The standard InChI is InChI=1S/C25H29BrCl2N2O2S/c1-17(25(32)29-22-5-3-2-4-6-22)30(14-18-7-10-20(26)11-8-18)24(31)16-33-15-19-9-12-21(27)13-23(19)28/h7-13,17,22H,2-6,14-16H2,1H3,(H,29,32). The van der Waals surface area contributed by atoms with Crippen LogP contribution in [0.25, 0.3) is 0 Å². The second-order valence-electron chi connectivity index (χ2n) is 8.40. The third-order valence-electron chi connectivity index (χ3n) is 5.88. The normalized spacial score (nSPS) is 15.2. The molecule has 0 radical (unpaired) electrons. The molecular formula is C25H29BrCl2N2O2S. The lowest BCUT2D eigenvalue weighted by molar-refractivity contribution is -0.139. The van der Waals surface area contributed by atoms with E-state index in [1.54, 1.807) is 17.0 Å². The van der Waals surface area contributed by atoms with Crippen molar-refractivity contribution >= 4 is 62.7 Å². The zero-order valence-corrected chi connectivity index (χ0v) is 22.6. The van der Waals surface area contributed by atoms with Gasteiger partial charge in [-0.25, -0.2) is 0 Å². The van der Waals surface area contributed by atoms with Crippen molar-refractivity contribution in [3.63, 3.8) is 0 Å². The van der Waals surface area contributed by atoms with E-state index >= 15 is 0 Å². The van der Waals surface area contributed by atoms with E-state index in [4.69, 9.17) is 23.2 Å². The number of halogens is 3. The molecule has 0 aliphatic heterocycles. The first-order valence-corrected chi connectivity index (χ1v) is 13.9. The van der Waals surface area contributed by atoms with Gasteiger partial charge >= 0.3 is 0 Å². The van der Waals surface area contributed by atoms with Gasteiger partial charge in [-0.3, -0.25) is 9.59 Å². The van der Waals surface area contributed by atoms with Crippen molar-refractivity contribution in [1.29, 1.82) is 0 Å². The maximum Gasteiger partial charge on any atom is 0.242 e. The number of carbonyl (C=O) groups is 2. The van der Waals surface area contributed by atoms with Crippen LogP contribution in [0.4, 0.5) is 0 Å². The van der Waals surface area contributed by atoms with E-state index in [-0.39, 0.29) is 23.6 Å². The number of benzene rings is 2. The minimum atomic E-state index is -0.553. The maximum absolute atomic E-state index is 13.2. The average molecular weight is 572 g/mol. The van der Waals surface area contributed by atoms with Crippen LogP contribution in [0.2, 0.25) is 10.0 Å². The summed E-state index contributed by atoms with van der Waals surface area (Å²) in [5.74, 6) is 0.699. The molecule has 33 heavy (non-hydrogen) atoms. The van der Waals surface area contributed by atoms with Gasteiger partial charge in [-0.1, -0.05) is 76.6 Å². The number of nitrogens with zero attached hydrogens (tertiary/aromatic N) is 1. The van der Waals surface area contributed by atoms with Crippen molar-refractivity contribution < 1.29 is 9.59 Å². The number of nitrogens with one attached hydrogen (secondary N) is 1. The molecule has 0 spiro atoms. The lowest BCUT2D eigenvalue weighted by atomic mass is 9.95. The van der Waals surface area contributed by atoms with Crippen molar-refractivity contribution in [3.8, 4) is 0 Å². The predicted molar refractivity (Wildman–Crippen MR) is 142 cm³/mol. The lowest BCUT2D eigenvalue weighted by Gasteiger charge is -2.31. The molecule has 1 fully saturated rings. The molecule has 0 aromatic heterocycles. The first kappa shape index (κ1) is 26.4. The highest BCUT2D eigenvalue weighted by Crippen LogP contribution is 2.25. The second-order valence-corrected chi connectivity index (χ2v) is 11.1. The van der Waals surface area contributed by atoms with Crippen molar-refractivity contribution in [3.05, 3.63) is 68.1 Å². The van der Waals surface area contributed by atoms with Crippen LogP contribution >= 0.6 is 50.9 Å². The summed E-state index contributed by atoms with van der Waals surface area (Å²) in [7, 11) is 0. The van der Waals surface area contributed by atoms with E-state index in [1.807, 2.05) is 37.3 Å². The Morgan fingerprint density at radius 3 is 2.48 bits per heavy atom. The Morgan fingerprint density at radius 2 is 1.82 bits per heavy atom. The molecule has 2 aromatic rings. The molecule has 0 bridgehead atoms. The number of rotatable bonds is 9. The summed E-state index contributed by atoms with van der Waals surface area (Å²) in [5.41, 5.74) is 1.91. The van der Waals surface area contributed by atoms with Crippen LogP contribution in [0.3, 0.4) is 0 Å². The van der Waals surface area contributed by atoms with E-state index < -0.39 is 6.04 Å². The molecule has 1 N–H and O–H groups in total. The molecule has 1 aliphatic carbocycles. The Kier molecular flexibility index (Phi) is 10.4. The Morgan fingerprint density at radius 1 is 1.12 bits per heavy atom. The van der Waals surface area contributed by atoms with Gasteiger partial charge in [0, 0.05) is 32.9 Å². The maximum atomic E-state index is 13.2. The topological polar surface area (TPSA) is 49.4 Å². The van der Waals surface area contributed by atoms with E-state index in [1.165, 1.54) is 18.2 Å². The Labute approximate surface area is 218 Å². The van der Waals surface area contributed by atoms with Crippen molar-refractivity contribution in [1.82, 2.24) is 10.2 Å². The molecule has 1 atom stereocenters. The van der Waals surface area contributed by atoms with Crippen LogP contribution in [-0.2, 0) is 21.9 Å². The first-order chi connectivity index (χ1) is 15.8. The summed E-state index contributed by atoms with van der Waals surface area (Å²) in [6.07, 6.45) is 5.54. The Hall–Kier alpha value is -1.21. The summed E-state index contributed by atoms with van der Waals surface area (Å²) >= 11 is 17.2. The minimum absolute atomic E-state index is 0.0701. The van der Waals surface area contributed by atoms with E-state index in [2.05, 4.69) is 21.2 Å². The van der Waals surface area contributed by atoms with Gasteiger partial charge in [0.1, 0.15) is 6.04 Å². The van der Waals surface area contributed by atoms with Gasteiger partial charge in [0.15, 0.2) is 0 Å². The number of hydrogen-bond acceptors (Lipinski definition) is 3. The molecule has 178 valence electrons. The van der Waals surface area contributed by atoms with Gasteiger partial charge < -0.3 is 10.2 Å². The SMILES string of the molecule is CC(C(=O)NC1CCCCC1)N(Cc1ccc(Br)cc1)C(=O)CSCc1ccc(Cl)cc1Cl. The minimum Gasteiger partial charge on any atom is -0.352 e. The number of amides is 2. The van der Waals surface area contributed by atoms with Gasteiger partial charge in [-0.2, -0.15) is 0 Å². The van der Waals surface area contributed by atoms with Gasteiger partial charge in [0.2, 0.25) is 11.8 Å². The molecule has 0 heterocycles. The zero-order chi connectivity index (χ0) is 23.8. The monoisotopic (exact) mass is 570 g/mol. The summed E-state index contributed by atoms with van der Waals surface area (Å²) in [4.78, 5) is 27.9. The van der Waals surface area contributed by atoms with Crippen LogP contribution in [0.1, 0.15) is 50.2 Å². The molecule has 2 amide bonds. The summed E-state index contributed by atoms with van der Waals surface area (Å²) < 4.78 is 0.975. The predicted octanol–water partition coefficient (Wildman–Crippen LogP) is 6.86.